The van der Waals surface area contributed by atoms with Gasteiger partial charge in [0.1, 0.15) is 5.84 Å². The maximum Gasteiger partial charge on any atom is 0.182 e. The van der Waals surface area contributed by atoms with Crippen molar-refractivity contribution in [1.82, 2.24) is 5.32 Å². The standard InChI is InChI=1S/C13H16ClN3S/c1-3-12(17-10(2)16-9-15)8-18-13-6-4-5-11(14)7-13/h4-7,12H,3,8H2,1-2H3,(H,16,17)/t12-/m0/s1. The van der Waals surface area contributed by atoms with Crippen LogP contribution in [0.1, 0.15) is 20.3 Å². The fraction of sp³-hybridized carbons (Fsp3) is 0.385. The molecule has 0 saturated carbocycles. The minimum absolute atomic E-state index is 0.204. The van der Waals surface area contributed by atoms with E-state index in [0.717, 1.165) is 22.1 Å². The number of nitrogens with one attached hydrogen (secondary N) is 1. The molecule has 0 aliphatic rings. The molecule has 1 aromatic rings. The van der Waals surface area contributed by atoms with Gasteiger partial charge in [-0.15, -0.1) is 11.8 Å². The highest BCUT2D eigenvalue weighted by Gasteiger charge is 2.06. The lowest BCUT2D eigenvalue weighted by atomic mass is 10.3. The van der Waals surface area contributed by atoms with Gasteiger partial charge in [-0.2, -0.15) is 5.26 Å². The Morgan fingerprint density at radius 1 is 1.61 bits per heavy atom. The molecule has 1 aromatic carbocycles. The minimum atomic E-state index is 0.204. The summed E-state index contributed by atoms with van der Waals surface area (Å²) in [7, 11) is 0. The summed E-state index contributed by atoms with van der Waals surface area (Å²) in [6.45, 7) is 3.89. The van der Waals surface area contributed by atoms with Gasteiger partial charge in [-0.3, -0.25) is 10.3 Å². The van der Waals surface area contributed by atoms with Gasteiger partial charge in [-0.25, -0.2) is 0 Å². The lowest BCUT2D eigenvalue weighted by molar-refractivity contribution is 0.723. The van der Waals surface area contributed by atoms with Crippen LogP contribution < -0.4 is 5.32 Å². The molecular weight excluding hydrogens is 266 g/mol. The fourth-order valence-corrected chi connectivity index (χ4v) is 2.72. The summed E-state index contributed by atoms with van der Waals surface area (Å²) in [5.41, 5.74) is 0. The zero-order chi connectivity index (χ0) is 13.4. The van der Waals surface area contributed by atoms with E-state index in [4.69, 9.17) is 16.9 Å². The number of benzene rings is 1. The molecule has 0 aliphatic heterocycles. The van der Waals surface area contributed by atoms with Gasteiger partial charge in [0, 0.05) is 15.7 Å². The van der Waals surface area contributed by atoms with Gasteiger partial charge in [0.2, 0.25) is 0 Å². The second-order valence-electron chi connectivity index (χ2n) is 3.78. The minimum Gasteiger partial charge on any atom is -0.281 e. The molecule has 18 heavy (non-hydrogen) atoms. The van der Waals surface area contributed by atoms with E-state index >= 15 is 0 Å². The molecule has 0 amide bonds. The number of amidine groups is 1. The molecule has 0 aromatic heterocycles. The van der Waals surface area contributed by atoms with Crippen molar-refractivity contribution in [2.24, 2.45) is 4.99 Å². The molecule has 1 atom stereocenters. The summed E-state index contributed by atoms with van der Waals surface area (Å²) < 4.78 is 0. The molecule has 0 spiro atoms. The molecule has 3 nitrogen and oxygen atoms in total. The number of hydrogen-bond acceptors (Lipinski definition) is 3. The number of nitriles is 1. The lowest BCUT2D eigenvalue weighted by Gasteiger charge is -2.10. The van der Waals surface area contributed by atoms with Crippen molar-refractivity contribution in [3.05, 3.63) is 29.3 Å². The van der Waals surface area contributed by atoms with Crippen LogP contribution in [-0.4, -0.2) is 17.6 Å². The van der Waals surface area contributed by atoms with Crippen LogP contribution in [0, 0.1) is 11.5 Å². The predicted octanol–water partition coefficient (Wildman–Crippen LogP) is 3.70. The summed E-state index contributed by atoms with van der Waals surface area (Å²) in [5, 5.41) is 11.8. The van der Waals surface area contributed by atoms with Crippen LogP contribution in [0.4, 0.5) is 0 Å². The Balaban J connectivity index is 2.55. The number of nitrogens with zero attached hydrogens (tertiary/aromatic N) is 2. The number of thioether (sulfide) groups is 1. The molecule has 0 fully saturated rings. The Hall–Kier alpha value is -1.18. The molecular formula is C13H16ClN3S. The summed E-state index contributed by atoms with van der Waals surface area (Å²) in [6.07, 6.45) is 2.82. The van der Waals surface area contributed by atoms with Gasteiger partial charge in [0.15, 0.2) is 6.19 Å². The van der Waals surface area contributed by atoms with Crippen LogP contribution in [0.3, 0.4) is 0 Å². The normalized spacial score (nSPS) is 12.9. The smallest absolute Gasteiger partial charge is 0.182 e. The Morgan fingerprint density at radius 2 is 2.39 bits per heavy atom. The lowest BCUT2D eigenvalue weighted by Crippen LogP contribution is -2.18. The van der Waals surface area contributed by atoms with Crippen LogP contribution in [0.5, 0.6) is 0 Å². The Kier molecular flexibility index (Phi) is 6.63. The summed E-state index contributed by atoms with van der Waals surface area (Å²) in [5.74, 6) is 1.54. The third-order valence-corrected chi connectivity index (χ3v) is 3.70. The van der Waals surface area contributed by atoms with Gasteiger partial charge in [0.05, 0.1) is 6.04 Å². The number of halogens is 1. The third-order valence-electron chi connectivity index (χ3n) is 2.32. The zero-order valence-corrected chi connectivity index (χ0v) is 12.1. The van der Waals surface area contributed by atoms with Gasteiger partial charge in [-0.1, -0.05) is 24.6 Å². The SMILES string of the molecule is CC[C@@H](CSc1cccc(Cl)c1)N=C(C)NC#N. The molecule has 0 saturated heterocycles. The van der Waals surface area contributed by atoms with Gasteiger partial charge >= 0.3 is 0 Å². The summed E-state index contributed by atoms with van der Waals surface area (Å²) in [6, 6.07) is 7.99. The van der Waals surface area contributed by atoms with E-state index in [1.54, 1.807) is 18.7 Å². The topological polar surface area (TPSA) is 48.2 Å². The number of hydrogen-bond donors (Lipinski definition) is 1. The molecule has 0 aliphatic carbocycles. The van der Waals surface area contributed by atoms with Crippen molar-refractivity contribution in [2.45, 2.75) is 31.2 Å². The van der Waals surface area contributed by atoms with E-state index in [1.165, 1.54) is 0 Å². The van der Waals surface area contributed by atoms with E-state index in [0.29, 0.717) is 5.84 Å². The quantitative estimate of drug-likeness (QED) is 0.294. The highest BCUT2D eigenvalue weighted by Crippen LogP contribution is 2.23. The number of aliphatic imine (C=N–C) groups is 1. The van der Waals surface area contributed by atoms with Crippen LogP contribution in [0.15, 0.2) is 34.2 Å². The maximum absolute atomic E-state index is 8.50. The monoisotopic (exact) mass is 281 g/mol. The van der Waals surface area contributed by atoms with Crippen molar-refractivity contribution in [1.29, 1.82) is 5.26 Å². The first kappa shape index (κ1) is 14.9. The fourth-order valence-electron chi connectivity index (χ4n) is 1.38. The predicted molar refractivity (Wildman–Crippen MR) is 78.1 cm³/mol. The van der Waals surface area contributed by atoms with Crippen LogP contribution in [-0.2, 0) is 0 Å². The molecule has 0 heterocycles. The van der Waals surface area contributed by atoms with Crippen LogP contribution >= 0.6 is 23.4 Å². The molecule has 5 heteroatoms. The first-order valence-electron chi connectivity index (χ1n) is 5.73. The highest BCUT2D eigenvalue weighted by atomic mass is 35.5. The van der Waals surface area contributed by atoms with Crippen molar-refractivity contribution in [3.63, 3.8) is 0 Å². The highest BCUT2D eigenvalue weighted by molar-refractivity contribution is 7.99. The van der Waals surface area contributed by atoms with E-state index < -0.39 is 0 Å². The molecule has 1 rings (SSSR count). The Labute approximate surface area is 117 Å². The second kappa shape index (κ2) is 8.02. The number of rotatable bonds is 5. The molecule has 0 radical (unpaired) electrons. The summed E-state index contributed by atoms with van der Waals surface area (Å²) in [4.78, 5) is 5.59. The summed E-state index contributed by atoms with van der Waals surface area (Å²) >= 11 is 7.66. The maximum atomic E-state index is 8.50. The largest absolute Gasteiger partial charge is 0.281 e. The molecule has 0 unspecified atom stereocenters. The zero-order valence-electron chi connectivity index (χ0n) is 10.5. The van der Waals surface area contributed by atoms with Gasteiger partial charge in [-0.05, 0) is 31.5 Å². The Bertz CT molecular complexity index is 454. The molecule has 96 valence electrons. The van der Waals surface area contributed by atoms with Crippen molar-refractivity contribution < 1.29 is 0 Å². The van der Waals surface area contributed by atoms with Crippen molar-refractivity contribution >= 4 is 29.2 Å². The second-order valence-corrected chi connectivity index (χ2v) is 5.31. The average molecular weight is 282 g/mol. The van der Waals surface area contributed by atoms with Crippen LogP contribution in [0.2, 0.25) is 5.02 Å². The first-order valence-corrected chi connectivity index (χ1v) is 7.10. The molecule has 0 bridgehead atoms. The van der Waals surface area contributed by atoms with E-state index in [9.17, 15) is 0 Å². The van der Waals surface area contributed by atoms with E-state index in [1.807, 2.05) is 30.5 Å². The van der Waals surface area contributed by atoms with E-state index in [-0.39, 0.29) is 6.04 Å². The Morgan fingerprint density at radius 3 is 3.00 bits per heavy atom. The molecule has 1 N–H and O–H groups in total. The van der Waals surface area contributed by atoms with Crippen LogP contribution in [0.25, 0.3) is 0 Å². The third kappa shape index (κ3) is 5.44. The first-order chi connectivity index (χ1) is 8.65. The van der Waals surface area contributed by atoms with E-state index in [2.05, 4.69) is 17.2 Å². The average Bonchev–Trinajstić information content (AvgIpc) is 2.35. The van der Waals surface area contributed by atoms with Gasteiger partial charge < -0.3 is 0 Å². The van der Waals surface area contributed by atoms with Crippen molar-refractivity contribution in [2.75, 3.05) is 5.75 Å². The van der Waals surface area contributed by atoms with Crippen molar-refractivity contribution in [3.8, 4) is 6.19 Å². The van der Waals surface area contributed by atoms with Gasteiger partial charge in [0.25, 0.3) is 0 Å².